The smallest absolute Gasteiger partial charge is 0.269 e. The number of hydrogen-bond acceptors (Lipinski definition) is 7. The van der Waals surface area contributed by atoms with Crippen molar-refractivity contribution in [3.63, 3.8) is 0 Å². The second-order valence-electron chi connectivity index (χ2n) is 7.03. The van der Waals surface area contributed by atoms with Gasteiger partial charge in [-0.1, -0.05) is 139 Å². The van der Waals surface area contributed by atoms with Gasteiger partial charge in [0.2, 0.25) is 0 Å². The monoisotopic (exact) mass is 869 g/mol. The van der Waals surface area contributed by atoms with E-state index in [0.717, 1.165) is 14.2 Å². The van der Waals surface area contributed by atoms with Gasteiger partial charge in [0.15, 0.2) is 8.98 Å². The van der Waals surface area contributed by atoms with Gasteiger partial charge in [-0.15, -0.1) is 0 Å². The third-order valence-corrected chi connectivity index (χ3v) is 8.89. The highest BCUT2D eigenvalue weighted by atomic mass is 35.5. The fraction of sp³-hybridized carbons (Fsp3) is 0.100. The number of hydroxylamine groups is 2. The summed E-state index contributed by atoms with van der Waals surface area (Å²) in [5.74, 6) is -1.72. The molecule has 24 heteroatoms. The molecule has 2 rings (SSSR count). The minimum atomic E-state index is -3.43. The highest BCUT2D eigenvalue weighted by molar-refractivity contribution is 7.33. The van der Waals surface area contributed by atoms with Crippen LogP contribution in [0.3, 0.4) is 0 Å². The van der Waals surface area contributed by atoms with Gasteiger partial charge >= 0.3 is 20.3 Å². The molecule has 0 heterocycles. The van der Waals surface area contributed by atoms with E-state index in [1.165, 1.54) is 12.1 Å². The third-order valence-electron chi connectivity index (χ3n) is 4.43. The molecule has 2 aromatic rings. The summed E-state index contributed by atoms with van der Waals surface area (Å²) >= 11 is 71.8. The average Bonchev–Trinajstić information content (AvgIpc) is 2.94. The highest BCUT2D eigenvalue weighted by Gasteiger charge is 2.35. The number of anilines is 2. The van der Waals surface area contributed by atoms with Crippen LogP contribution >= 0.6 is 147 Å². The normalized spacial score (nSPS) is 10.5. The molecular formula is C20H10Cl12N4O7P+. The topological polar surface area (TPSA) is 119 Å². The molecule has 4 amide bonds. The highest BCUT2D eigenvalue weighted by Crippen LogP contribution is 2.45. The van der Waals surface area contributed by atoms with Crippen LogP contribution in [0.15, 0.2) is 32.9 Å². The van der Waals surface area contributed by atoms with Crippen LogP contribution in [0.1, 0.15) is 0 Å². The number of nitrogens with zero attached hydrogens (tertiary/aromatic N) is 2. The Hall–Kier alpha value is -0.440. The lowest BCUT2D eigenvalue weighted by Crippen LogP contribution is -2.40. The molecule has 0 saturated heterocycles. The van der Waals surface area contributed by atoms with E-state index < -0.39 is 41.1 Å². The van der Waals surface area contributed by atoms with Crippen LogP contribution in [-0.4, -0.2) is 26.3 Å². The molecule has 2 N–H and O–H groups in total. The Kier molecular flexibility index (Phi) is 15.9. The second kappa shape index (κ2) is 17.6. The molecule has 0 radical (unpaired) electrons. The van der Waals surface area contributed by atoms with Gasteiger partial charge in [-0.2, -0.15) is 10.1 Å². The molecule has 0 aromatic heterocycles. The molecule has 0 bridgehead atoms. The lowest BCUT2D eigenvalue weighted by atomic mass is 10.3. The van der Waals surface area contributed by atoms with Crippen LogP contribution < -0.4 is 20.8 Å². The molecule has 2 aromatic carbocycles. The van der Waals surface area contributed by atoms with Crippen LogP contribution in [0.2, 0.25) is 40.2 Å². The summed E-state index contributed by atoms with van der Waals surface area (Å²) in [4.78, 5) is 36.0. The van der Waals surface area contributed by atoms with Gasteiger partial charge in [0.25, 0.3) is 11.8 Å². The fourth-order valence-electron chi connectivity index (χ4n) is 2.70. The molecule has 44 heavy (non-hydrogen) atoms. The zero-order chi connectivity index (χ0) is 33.6. The van der Waals surface area contributed by atoms with Crippen LogP contribution in [0.5, 0.6) is 0 Å². The average molecular weight is 875 g/mol. The maximum atomic E-state index is 13.0. The zero-order valence-electron chi connectivity index (χ0n) is 20.9. The van der Waals surface area contributed by atoms with E-state index in [4.69, 9.17) is 158 Å². The van der Waals surface area contributed by atoms with Gasteiger partial charge < -0.3 is 0 Å². The van der Waals surface area contributed by atoms with Crippen molar-refractivity contribution in [1.82, 2.24) is 10.6 Å². The zero-order valence-corrected chi connectivity index (χ0v) is 30.9. The maximum absolute atomic E-state index is 13.0. The second-order valence-corrected chi connectivity index (χ2v) is 12.9. The Labute approximate surface area is 309 Å². The molecule has 0 fully saturated rings. The number of hydrogen-bond donors (Lipinski definition) is 2. The van der Waals surface area contributed by atoms with E-state index in [-0.39, 0.29) is 51.6 Å². The molecule has 11 nitrogen and oxygen atoms in total. The van der Waals surface area contributed by atoms with Gasteiger partial charge in [0, 0.05) is 4.57 Å². The third kappa shape index (κ3) is 9.79. The number of rotatable bonds is 10. The number of urea groups is 2. The summed E-state index contributed by atoms with van der Waals surface area (Å²) in [6.45, 7) is 0. The first kappa shape index (κ1) is 39.7. The van der Waals surface area contributed by atoms with Crippen molar-refractivity contribution < 1.29 is 32.9 Å². The minimum absolute atomic E-state index is 0.0841. The molecule has 0 aliphatic carbocycles. The standard InChI is InChI=1S/C20H9Cl12N4O7P/c1-40-35(13-9(25)5(21)3-6(22)10(13)26)19(37)33-17(15(29)30)42-44(39)43-18(16(31)32)34-20(38)36(41-2)14-11(27)7(23)4-8(24)12(14)28/h3-4H,1-2H3,(H-,33,34,37,38)/p+1. The summed E-state index contributed by atoms with van der Waals surface area (Å²) in [6, 6.07) is 0.0206. The summed E-state index contributed by atoms with van der Waals surface area (Å²) < 4.78 is 21.1. The summed E-state index contributed by atoms with van der Waals surface area (Å²) in [5.41, 5.74) is -0.579. The quantitative estimate of drug-likeness (QED) is 0.106. The molecular weight excluding hydrogens is 865 g/mol. The SMILES string of the molecule is CON(C(=O)NC(O[P+](=O)OC(NC(=O)N(OC)c1c(Cl)c(Cl)cc(Cl)c1Cl)=C(Cl)Cl)=C(Cl)Cl)c1c(Cl)c(Cl)cc(Cl)c1Cl. The Morgan fingerprint density at radius 3 is 1.11 bits per heavy atom. The van der Waals surface area contributed by atoms with E-state index in [1.807, 2.05) is 10.6 Å². The minimum Gasteiger partial charge on any atom is -0.269 e. The van der Waals surface area contributed by atoms with E-state index in [1.54, 1.807) is 0 Å². The molecule has 0 unspecified atom stereocenters. The van der Waals surface area contributed by atoms with Crippen LogP contribution in [0, 0.1) is 0 Å². The fourth-order valence-corrected chi connectivity index (χ4v) is 5.78. The predicted octanol–water partition coefficient (Wildman–Crippen LogP) is 11.7. The Bertz CT molecular complexity index is 1390. The summed E-state index contributed by atoms with van der Waals surface area (Å²) in [7, 11) is -1.31. The molecule has 0 aliphatic rings. The van der Waals surface area contributed by atoms with Crippen LogP contribution in [-0.2, 0) is 23.3 Å². The van der Waals surface area contributed by atoms with E-state index >= 15 is 0 Å². The molecule has 0 aliphatic heterocycles. The van der Waals surface area contributed by atoms with Crippen molar-refractivity contribution in [3.8, 4) is 0 Å². The summed E-state index contributed by atoms with van der Waals surface area (Å²) in [5, 5.41) is 3.81. The lowest BCUT2D eigenvalue weighted by molar-refractivity contribution is 0.160. The van der Waals surface area contributed by atoms with Crippen molar-refractivity contribution in [1.29, 1.82) is 0 Å². The number of benzene rings is 2. The van der Waals surface area contributed by atoms with Crippen LogP contribution in [0.4, 0.5) is 21.0 Å². The number of carbonyl (C=O) groups excluding carboxylic acids is 2. The van der Waals surface area contributed by atoms with Gasteiger partial charge in [0.05, 0.1) is 54.4 Å². The Morgan fingerprint density at radius 1 is 0.614 bits per heavy atom. The lowest BCUT2D eigenvalue weighted by Gasteiger charge is -2.23. The first-order valence-electron chi connectivity index (χ1n) is 10.4. The van der Waals surface area contributed by atoms with Gasteiger partial charge in [-0.25, -0.2) is 18.6 Å². The van der Waals surface area contributed by atoms with Crippen molar-refractivity contribution in [2.45, 2.75) is 0 Å². The number of carbonyl (C=O) groups is 2. The van der Waals surface area contributed by atoms with Crippen LogP contribution in [0.25, 0.3) is 0 Å². The molecule has 0 atom stereocenters. The van der Waals surface area contributed by atoms with Gasteiger partial charge in [-0.05, 0) is 12.1 Å². The molecule has 0 spiro atoms. The number of nitrogens with one attached hydrogen (secondary N) is 2. The number of amides is 4. The Morgan fingerprint density at radius 2 is 0.886 bits per heavy atom. The molecule has 240 valence electrons. The summed E-state index contributed by atoms with van der Waals surface area (Å²) in [6.07, 6.45) is 0. The van der Waals surface area contributed by atoms with Crippen molar-refractivity contribution in [2.24, 2.45) is 0 Å². The van der Waals surface area contributed by atoms with Crippen molar-refractivity contribution in [2.75, 3.05) is 24.3 Å². The van der Waals surface area contributed by atoms with Crippen molar-refractivity contribution in [3.05, 3.63) is 73.1 Å². The van der Waals surface area contributed by atoms with Gasteiger partial charge in [0.1, 0.15) is 11.4 Å². The largest absolute Gasteiger partial charge is 0.808 e. The van der Waals surface area contributed by atoms with Gasteiger partial charge in [-0.3, -0.25) is 20.3 Å². The molecule has 0 saturated carbocycles. The first-order valence-corrected chi connectivity index (χ1v) is 16.0. The Balaban J connectivity index is 2.26. The van der Waals surface area contributed by atoms with E-state index in [2.05, 4.69) is 0 Å². The van der Waals surface area contributed by atoms with Crippen molar-refractivity contribution >= 4 is 171 Å². The van der Waals surface area contributed by atoms with E-state index in [9.17, 15) is 14.2 Å². The maximum Gasteiger partial charge on any atom is 0.808 e. The predicted molar refractivity (Wildman–Crippen MR) is 176 cm³/mol. The van der Waals surface area contributed by atoms with E-state index in [0.29, 0.717) is 10.1 Å². The first-order chi connectivity index (χ1) is 20.5. The number of halogens is 12.